The highest BCUT2D eigenvalue weighted by Gasteiger charge is 2.27. The van der Waals surface area contributed by atoms with Crippen molar-refractivity contribution in [1.29, 1.82) is 0 Å². The molecule has 0 saturated heterocycles. The average Bonchev–Trinajstić information content (AvgIpc) is 2.98. The number of halogens is 2. The van der Waals surface area contributed by atoms with Gasteiger partial charge in [0, 0.05) is 21.7 Å². The number of fused-ring (bicyclic) bond motifs is 1. The van der Waals surface area contributed by atoms with Gasteiger partial charge in [-0.2, -0.15) is 0 Å². The molecule has 3 aromatic rings. The van der Waals surface area contributed by atoms with E-state index < -0.39 is 0 Å². The lowest BCUT2D eigenvalue weighted by atomic mass is 10.1. The second kappa shape index (κ2) is 7.70. The van der Waals surface area contributed by atoms with E-state index in [0.29, 0.717) is 38.4 Å². The normalized spacial score (nSPS) is 14.1. The van der Waals surface area contributed by atoms with Crippen molar-refractivity contribution in [1.82, 2.24) is 0 Å². The van der Waals surface area contributed by atoms with E-state index in [1.165, 1.54) is 0 Å². The van der Waals surface area contributed by atoms with Crippen LogP contribution in [0, 0.1) is 6.92 Å². The van der Waals surface area contributed by atoms with Crippen molar-refractivity contribution in [2.45, 2.75) is 13.5 Å². The summed E-state index contributed by atoms with van der Waals surface area (Å²) in [5.74, 6) is 1.20. The van der Waals surface area contributed by atoms with E-state index in [0.717, 1.165) is 11.1 Å². The first-order valence-electron chi connectivity index (χ1n) is 8.72. The van der Waals surface area contributed by atoms with E-state index in [4.69, 9.17) is 32.7 Å². The number of rotatable bonds is 4. The maximum Gasteiger partial charge on any atom is 0.231 e. The first-order chi connectivity index (χ1) is 13.5. The van der Waals surface area contributed by atoms with Crippen molar-refractivity contribution < 1.29 is 14.3 Å². The third-order valence-corrected chi connectivity index (χ3v) is 5.17. The fraction of sp³-hybridized carbons (Fsp3) is 0.0870. The molecule has 0 aliphatic carbocycles. The van der Waals surface area contributed by atoms with Gasteiger partial charge in [-0.05, 0) is 42.8 Å². The van der Waals surface area contributed by atoms with Gasteiger partial charge in [0.25, 0.3) is 0 Å². The van der Waals surface area contributed by atoms with Gasteiger partial charge < -0.3 is 9.47 Å². The number of Topliss-reactive ketones (excluding diaryl/α,β-unsaturated/α-hetero) is 1. The van der Waals surface area contributed by atoms with Crippen molar-refractivity contribution >= 4 is 35.1 Å². The van der Waals surface area contributed by atoms with Crippen LogP contribution in [0.5, 0.6) is 11.5 Å². The van der Waals surface area contributed by atoms with Crippen LogP contribution in [0.4, 0.5) is 0 Å². The highest BCUT2D eigenvalue weighted by molar-refractivity contribution is 6.35. The van der Waals surface area contributed by atoms with Crippen LogP contribution in [-0.2, 0) is 6.61 Å². The first-order valence-corrected chi connectivity index (χ1v) is 9.47. The molecule has 140 valence electrons. The van der Waals surface area contributed by atoms with Crippen LogP contribution in [0.15, 0.2) is 66.4 Å². The van der Waals surface area contributed by atoms with Crippen molar-refractivity contribution in [3.05, 3.63) is 98.7 Å². The molecule has 0 amide bonds. The molecule has 0 unspecified atom stereocenters. The molecule has 1 heterocycles. The molecule has 3 nitrogen and oxygen atoms in total. The molecular weight excluding hydrogens is 395 g/mol. The van der Waals surface area contributed by atoms with Crippen LogP contribution >= 0.6 is 23.2 Å². The Hall–Kier alpha value is -2.75. The molecule has 0 bridgehead atoms. The Morgan fingerprint density at radius 3 is 2.43 bits per heavy atom. The van der Waals surface area contributed by atoms with Crippen LogP contribution < -0.4 is 9.47 Å². The predicted molar refractivity (Wildman–Crippen MR) is 111 cm³/mol. The minimum atomic E-state index is -0.142. The van der Waals surface area contributed by atoms with Gasteiger partial charge in [-0.25, -0.2) is 0 Å². The van der Waals surface area contributed by atoms with E-state index >= 15 is 0 Å². The quantitative estimate of drug-likeness (QED) is 0.460. The molecule has 0 fully saturated rings. The fourth-order valence-corrected chi connectivity index (χ4v) is 3.40. The number of allylic oxidation sites excluding steroid dienone is 1. The number of hydrogen-bond donors (Lipinski definition) is 0. The summed E-state index contributed by atoms with van der Waals surface area (Å²) in [7, 11) is 0. The highest BCUT2D eigenvalue weighted by Crippen LogP contribution is 2.35. The Labute approximate surface area is 173 Å². The molecule has 1 aliphatic rings. The SMILES string of the molecule is Cc1ccc(C=C2Oc3cc(OCc4c(Cl)cccc4Cl)ccc3C2=O)cc1. The predicted octanol–water partition coefficient (Wildman–Crippen LogP) is 6.50. The molecule has 5 heteroatoms. The van der Waals surface area contributed by atoms with Crippen molar-refractivity contribution in [2.75, 3.05) is 0 Å². The third kappa shape index (κ3) is 3.77. The molecule has 0 saturated carbocycles. The number of ketones is 1. The summed E-state index contributed by atoms with van der Waals surface area (Å²) in [5, 5.41) is 1.09. The summed E-state index contributed by atoms with van der Waals surface area (Å²) in [6.07, 6.45) is 1.74. The third-order valence-electron chi connectivity index (χ3n) is 4.46. The summed E-state index contributed by atoms with van der Waals surface area (Å²) in [4.78, 5) is 12.6. The molecule has 4 rings (SSSR count). The number of carbonyl (C=O) groups is 1. The summed E-state index contributed by atoms with van der Waals surface area (Å²) in [6, 6.07) is 18.3. The molecule has 3 aromatic carbocycles. The van der Waals surface area contributed by atoms with Crippen LogP contribution in [-0.4, -0.2) is 5.78 Å². The monoisotopic (exact) mass is 410 g/mol. The number of ether oxygens (including phenoxy) is 2. The molecule has 0 radical (unpaired) electrons. The van der Waals surface area contributed by atoms with E-state index in [-0.39, 0.29) is 12.4 Å². The molecule has 28 heavy (non-hydrogen) atoms. The lowest BCUT2D eigenvalue weighted by Gasteiger charge is -2.10. The van der Waals surface area contributed by atoms with Gasteiger partial charge in [-0.1, -0.05) is 59.1 Å². The lowest BCUT2D eigenvalue weighted by Crippen LogP contribution is -1.98. The number of carbonyl (C=O) groups excluding carboxylic acids is 1. The second-order valence-corrected chi connectivity index (χ2v) is 7.31. The van der Waals surface area contributed by atoms with E-state index in [1.807, 2.05) is 31.2 Å². The Bertz CT molecular complexity index is 1070. The Kier molecular flexibility index (Phi) is 5.12. The number of aryl methyl sites for hydroxylation is 1. The molecule has 0 atom stereocenters. The van der Waals surface area contributed by atoms with E-state index in [2.05, 4.69) is 0 Å². The van der Waals surface area contributed by atoms with Gasteiger partial charge in [0.2, 0.25) is 5.78 Å². The van der Waals surface area contributed by atoms with Gasteiger partial charge >= 0.3 is 0 Å². The van der Waals surface area contributed by atoms with Gasteiger partial charge in [-0.15, -0.1) is 0 Å². The van der Waals surface area contributed by atoms with Gasteiger partial charge in [-0.3, -0.25) is 4.79 Å². The fourth-order valence-electron chi connectivity index (χ4n) is 2.90. The van der Waals surface area contributed by atoms with Gasteiger partial charge in [0.1, 0.15) is 18.1 Å². The summed E-state index contributed by atoms with van der Waals surface area (Å²) >= 11 is 12.3. The summed E-state index contributed by atoms with van der Waals surface area (Å²) in [5.41, 5.74) is 3.29. The first kappa shape index (κ1) is 18.6. The molecule has 1 aliphatic heterocycles. The Balaban J connectivity index is 1.53. The molecule has 0 N–H and O–H groups in total. The standard InChI is InChI=1S/C23H16Cl2O3/c1-14-5-7-15(8-6-14)11-22-23(26)17-10-9-16(12-21(17)28-22)27-13-18-19(24)3-2-4-20(18)25/h2-12H,13H2,1H3. The van der Waals surface area contributed by atoms with Gasteiger partial charge in [0.05, 0.1) is 5.56 Å². The minimum Gasteiger partial charge on any atom is -0.489 e. The smallest absolute Gasteiger partial charge is 0.231 e. The zero-order valence-electron chi connectivity index (χ0n) is 15.0. The Morgan fingerprint density at radius 1 is 1.00 bits per heavy atom. The molecule has 0 spiro atoms. The van der Waals surface area contributed by atoms with Crippen molar-refractivity contribution in [2.24, 2.45) is 0 Å². The topological polar surface area (TPSA) is 35.5 Å². The van der Waals surface area contributed by atoms with Crippen molar-refractivity contribution in [3.8, 4) is 11.5 Å². The Morgan fingerprint density at radius 2 is 1.71 bits per heavy atom. The highest BCUT2D eigenvalue weighted by atomic mass is 35.5. The van der Waals surface area contributed by atoms with Crippen LogP contribution in [0.1, 0.15) is 27.0 Å². The summed E-state index contributed by atoms with van der Waals surface area (Å²) in [6.45, 7) is 2.23. The largest absolute Gasteiger partial charge is 0.489 e. The zero-order valence-corrected chi connectivity index (χ0v) is 16.6. The minimum absolute atomic E-state index is 0.142. The zero-order chi connectivity index (χ0) is 19.7. The van der Waals surface area contributed by atoms with Crippen LogP contribution in [0.2, 0.25) is 10.0 Å². The second-order valence-electron chi connectivity index (χ2n) is 6.50. The average molecular weight is 411 g/mol. The lowest BCUT2D eigenvalue weighted by molar-refractivity contribution is 0.101. The maximum absolute atomic E-state index is 12.6. The van der Waals surface area contributed by atoms with Crippen LogP contribution in [0.3, 0.4) is 0 Å². The van der Waals surface area contributed by atoms with E-state index in [1.54, 1.807) is 42.5 Å². The maximum atomic E-state index is 12.6. The van der Waals surface area contributed by atoms with Crippen molar-refractivity contribution in [3.63, 3.8) is 0 Å². The number of hydrogen-bond acceptors (Lipinski definition) is 3. The van der Waals surface area contributed by atoms with E-state index in [9.17, 15) is 4.79 Å². The van der Waals surface area contributed by atoms with Crippen LogP contribution in [0.25, 0.3) is 6.08 Å². The number of benzene rings is 3. The molecular formula is C23H16Cl2O3. The summed E-state index contributed by atoms with van der Waals surface area (Å²) < 4.78 is 11.6. The molecule has 0 aromatic heterocycles. The van der Waals surface area contributed by atoms with Gasteiger partial charge in [0.15, 0.2) is 5.76 Å².